The summed E-state index contributed by atoms with van der Waals surface area (Å²) in [6.07, 6.45) is -21.4. The normalized spacial score (nSPS) is 38.5. The van der Waals surface area contributed by atoms with E-state index in [2.05, 4.69) is 21.3 Å². The lowest BCUT2D eigenvalue weighted by molar-refractivity contribution is -0.343. The number of carboxylic acid groups (broad SMARTS) is 2. The molecule has 4 saturated carbocycles. The maximum atomic E-state index is 14.2. The summed E-state index contributed by atoms with van der Waals surface area (Å²) in [6, 6.07) is -1.37. The summed E-state index contributed by atoms with van der Waals surface area (Å²) in [5, 5.41) is 140. The standard InChI is InChI=1S/C74H124N4O30/c1-7-42-30-44(32-47(65(42)107-73-62(91)60(89)56(85)37(4)99-73)104-72-55(78-39(6)81)67(59(88)52(35-80)106-72)102-50(70(96)97)29-41-18-13-10-14-19-41)46(82)20-15-23-75-53(83)21-26-98-27-22-54(84)76-24-25-77-68(93)45-31-43(8-2)66(108-74-63(92)61(90)57(86)38(5)100-74)48(33-45)103-71-36(3)64(58(87)51(34-79)105-71)101-49(69(94)95)28-40-16-11-9-12-17-40/h36-38,40-45,47-52,55-67,71-74,79-80,85-92H,7-35H2,1-6H3,(H,75,83)(H,76,84)(H,77,93)(H,78,81)(H,94,95)(H,96,97)/t36-,37+,38+,42+,43+,44-,45-,47-,48-,49+,50+,51-,52-,55-,56-,57-,58+,59+,60-,61-,62+,63+,64-,65-,66-,67-,71-,72-,73+,74+/m1/s1. The molecular formula is C74H124N4O30. The number of hydrogen-bond donors (Lipinski definition) is 16. The predicted molar refractivity (Wildman–Crippen MR) is 376 cm³/mol. The van der Waals surface area contributed by atoms with Crippen molar-refractivity contribution in [1.82, 2.24) is 21.3 Å². The van der Waals surface area contributed by atoms with Gasteiger partial charge in [-0.1, -0.05) is 97.8 Å². The van der Waals surface area contributed by atoms with Crippen molar-refractivity contribution in [2.24, 2.45) is 41.4 Å². The Balaban J connectivity index is 0.802. The Bertz CT molecular complexity index is 2810. The molecular weight excluding hydrogens is 1420 g/mol. The van der Waals surface area contributed by atoms with Crippen molar-refractivity contribution in [3.8, 4) is 0 Å². The fourth-order valence-electron chi connectivity index (χ4n) is 16.9. The first kappa shape index (κ1) is 89.2. The minimum absolute atomic E-state index is 0.00846. The number of carbonyl (C=O) groups excluding carboxylic acids is 5. The van der Waals surface area contributed by atoms with Gasteiger partial charge < -0.3 is 135 Å². The van der Waals surface area contributed by atoms with Gasteiger partial charge in [-0.15, -0.1) is 0 Å². The van der Waals surface area contributed by atoms with Gasteiger partial charge in [-0.3, -0.25) is 24.0 Å². The smallest absolute Gasteiger partial charge is 0.332 e. The van der Waals surface area contributed by atoms with Crippen molar-refractivity contribution in [1.29, 1.82) is 0 Å². The molecule has 4 aliphatic carbocycles. The van der Waals surface area contributed by atoms with Crippen LogP contribution in [0.25, 0.3) is 0 Å². The molecule has 620 valence electrons. The average molecular weight is 1550 g/mol. The van der Waals surface area contributed by atoms with E-state index in [1.807, 2.05) is 13.8 Å². The maximum Gasteiger partial charge on any atom is 0.332 e. The molecule has 0 bridgehead atoms. The first-order chi connectivity index (χ1) is 51.5. The number of hydrogen-bond acceptors (Lipinski definition) is 28. The zero-order chi connectivity index (χ0) is 78.6. The molecule has 0 aromatic carbocycles. The van der Waals surface area contributed by atoms with Crippen LogP contribution < -0.4 is 21.3 Å². The highest BCUT2D eigenvalue weighted by Gasteiger charge is 2.55. The molecule has 4 saturated heterocycles. The van der Waals surface area contributed by atoms with Gasteiger partial charge in [0.05, 0.1) is 69.2 Å². The predicted octanol–water partition coefficient (Wildman–Crippen LogP) is -0.536. The number of aliphatic carboxylic acids is 2. The van der Waals surface area contributed by atoms with E-state index in [1.165, 1.54) is 20.8 Å². The molecule has 0 spiro atoms. The average Bonchev–Trinajstić information content (AvgIpc) is 0.779. The largest absolute Gasteiger partial charge is 0.479 e. The Morgan fingerprint density at radius 2 is 0.917 bits per heavy atom. The summed E-state index contributed by atoms with van der Waals surface area (Å²) in [6.45, 7) is 8.23. The van der Waals surface area contributed by atoms with Gasteiger partial charge in [0.15, 0.2) is 37.4 Å². The summed E-state index contributed by atoms with van der Waals surface area (Å²) in [5.74, 6) is -7.47. The molecule has 34 nitrogen and oxygen atoms in total. The van der Waals surface area contributed by atoms with Gasteiger partial charge in [-0.25, -0.2) is 9.59 Å². The third kappa shape index (κ3) is 24.3. The summed E-state index contributed by atoms with van der Waals surface area (Å²) in [5.41, 5.74) is 0. The number of nitrogens with one attached hydrogen (secondary N) is 4. The summed E-state index contributed by atoms with van der Waals surface area (Å²) >= 11 is 0. The van der Waals surface area contributed by atoms with Gasteiger partial charge in [0.1, 0.15) is 79.0 Å². The number of aliphatic hydroxyl groups excluding tert-OH is 10. The molecule has 8 aliphatic rings. The Morgan fingerprint density at radius 3 is 1.40 bits per heavy atom. The first-order valence-corrected chi connectivity index (χ1v) is 39.4. The molecule has 8 rings (SSSR count). The van der Waals surface area contributed by atoms with Crippen molar-refractivity contribution < 1.29 is 147 Å². The highest BCUT2D eigenvalue weighted by atomic mass is 16.7. The molecule has 0 aromatic heterocycles. The van der Waals surface area contributed by atoms with E-state index in [0.29, 0.717) is 12.8 Å². The number of carbonyl (C=O) groups is 7. The van der Waals surface area contributed by atoms with E-state index in [1.54, 1.807) is 6.92 Å². The van der Waals surface area contributed by atoms with Crippen LogP contribution in [-0.2, 0) is 85.7 Å². The molecule has 16 N–H and O–H groups in total. The van der Waals surface area contributed by atoms with E-state index in [0.717, 1.165) is 64.2 Å². The topological polar surface area (TPSA) is 512 Å². The highest BCUT2D eigenvalue weighted by Crippen LogP contribution is 2.44. The molecule has 0 unspecified atom stereocenters. The monoisotopic (exact) mass is 1550 g/mol. The minimum Gasteiger partial charge on any atom is -0.479 e. The van der Waals surface area contributed by atoms with Crippen LogP contribution in [0.15, 0.2) is 0 Å². The van der Waals surface area contributed by atoms with Crippen LogP contribution in [0.3, 0.4) is 0 Å². The van der Waals surface area contributed by atoms with Gasteiger partial charge in [0.25, 0.3) is 0 Å². The molecule has 4 aliphatic heterocycles. The van der Waals surface area contributed by atoms with Crippen LogP contribution in [0, 0.1) is 41.4 Å². The second kappa shape index (κ2) is 43.2. The number of carboxylic acids is 2. The number of ketones is 1. The van der Waals surface area contributed by atoms with Crippen LogP contribution in [-0.4, -0.2) is 302 Å². The van der Waals surface area contributed by atoms with Gasteiger partial charge in [-0.2, -0.15) is 0 Å². The Morgan fingerprint density at radius 1 is 0.472 bits per heavy atom. The van der Waals surface area contributed by atoms with Crippen LogP contribution in [0.1, 0.15) is 183 Å². The Labute approximate surface area is 630 Å². The summed E-state index contributed by atoms with van der Waals surface area (Å²) < 4.78 is 68.4. The van der Waals surface area contributed by atoms with Gasteiger partial charge in [0.2, 0.25) is 23.6 Å². The second-order valence-electron chi connectivity index (χ2n) is 31.1. The lowest BCUT2D eigenvalue weighted by atomic mass is 9.74. The molecule has 34 heteroatoms. The molecule has 8 fully saturated rings. The third-order valence-electron chi connectivity index (χ3n) is 23.3. The number of amides is 4. The summed E-state index contributed by atoms with van der Waals surface area (Å²) in [7, 11) is 0. The van der Waals surface area contributed by atoms with Crippen molar-refractivity contribution in [3.63, 3.8) is 0 Å². The van der Waals surface area contributed by atoms with E-state index >= 15 is 0 Å². The van der Waals surface area contributed by atoms with Crippen LogP contribution in [0.2, 0.25) is 0 Å². The molecule has 4 heterocycles. The molecule has 108 heavy (non-hydrogen) atoms. The molecule has 0 radical (unpaired) electrons. The van der Waals surface area contributed by atoms with Crippen molar-refractivity contribution in [3.05, 3.63) is 0 Å². The van der Waals surface area contributed by atoms with Crippen LogP contribution >= 0.6 is 0 Å². The van der Waals surface area contributed by atoms with Crippen LogP contribution in [0.5, 0.6) is 0 Å². The molecule has 0 aromatic rings. The lowest BCUT2D eigenvalue weighted by Crippen LogP contribution is -2.67. The fourth-order valence-corrected chi connectivity index (χ4v) is 16.9. The quantitative estimate of drug-likeness (QED) is 0.0345. The summed E-state index contributed by atoms with van der Waals surface area (Å²) in [4.78, 5) is 92.5. The van der Waals surface area contributed by atoms with E-state index in [4.69, 9.17) is 52.1 Å². The third-order valence-corrected chi connectivity index (χ3v) is 23.3. The van der Waals surface area contributed by atoms with E-state index < -0.39 is 220 Å². The van der Waals surface area contributed by atoms with Crippen molar-refractivity contribution >= 4 is 41.4 Å². The number of rotatable bonds is 38. The van der Waals surface area contributed by atoms with Gasteiger partial charge in [-0.05, 0) is 82.5 Å². The number of ether oxygens (including phenoxy) is 11. The molecule has 4 amide bonds. The number of Topliss-reactive ketones (excluding diaryl/α,β-unsaturated/α-hetero) is 1. The van der Waals surface area contributed by atoms with Crippen molar-refractivity contribution in [2.75, 3.05) is 46.1 Å². The second-order valence-corrected chi connectivity index (χ2v) is 31.1. The number of aliphatic hydroxyl groups is 10. The maximum absolute atomic E-state index is 14.2. The van der Waals surface area contributed by atoms with Crippen molar-refractivity contribution in [2.45, 2.75) is 336 Å². The lowest BCUT2D eigenvalue weighted by Gasteiger charge is -2.49. The minimum atomic E-state index is -1.72. The van der Waals surface area contributed by atoms with E-state index in [-0.39, 0.29) is 126 Å². The fraction of sp³-hybridized carbons (Fsp3) is 0.905. The SMILES string of the molecule is CC[C@H]1C[C@@H](C(=O)NCCNC(=O)CCOCCC(=O)NCCCC(=O)[C@@H]2C[C@H](CC)[C@@H](O[C@@H]3O[C@@H](C)[C@@H](O)[C@@H](O)[C@@H]3O)[C@H](O[C@@H]3O[C@H](CO)[C@H](O)[C@H](O[C@@H](CC4CCCCC4)C(=O)O)[C@H]3NC(C)=O)C2)C[C@@H](O[C@@H]2O[C@H](CO)[C@H](O)[C@H](O[C@@H](CC3CCCCC3)C(=O)O)[C@H]2C)[C@@H]1O[C@@H]1O[C@@H](C)[C@@H](O)[C@@H](O)[C@@H]1O. The highest BCUT2D eigenvalue weighted by molar-refractivity contribution is 5.81. The van der Waals surface area contributed by atoms with Gasteiger partial charge >= 0.3 is 11.9 Å². The van der Waals surface area contributed by atoms with Crippen LogP contribution in [0.4, 0.5) is 0 Å². The zero-order valence-corrected chi connectivity index (χ0v) is 63.2. The Kier molecular flexibility index (Phi) is 35.7. The molecule has 30 atom stereocenters. The van der Waals surface area contributed by atoms with Gasteiger partial charge in [0, 0.05) is 63.6 Å². The zero-order valence-electron chi connectivity index (χ0n) is 63.2. The first-order valence-electron chi connectivity index (χ1n) is 39.4. The van der Waals surface area contributed by atoms with E-state index in [9.17, 15) is 94.8 Å². The Hall–Kier alpha value is -4.35.